The Hall–Kier alpha value is 1.89. The number of carbonyl (C=O) groups excluding carboxylic acids is 1. The Labute approximate surface area is 83.1 Å². The summed E-state index contributed by atoms with van der Waals surface area (Å²) in [7, 11) is 0. The first-order valence-electron chi connectivity index (χ1n) is 1.01. The van der Waals surface area contributed by atoms with Gasteiger partial charge in [-0.05, 0) is 15.9 Å². The molecule has 0 aliphatic carbocycles. The minimum atomic E-state index is -0.0162. The molecular weight excluding hydrogens is 240 g/mol. The summed E-state index contributed by atoms with van der Waals surface area (Å²) < 4.78 is -0.0162. The SMILES string of the molecule is O=C(Br)CBr.[Ar]. The van der Waals surface area contributed by atoms with Crippen LogP contribution in [-0.4, -0.2) is 10.0 Å². The van der Waals surface area contributed by atoms with Crippen molar-refractivity contribution in [1.29, 1.82) is 0 Å². The van der Waals surface area contributed by atoms with Gasteiger partial charge in [0, 0.05) is 37.7 Å². The zero-order valence-corrected chi connectivity index (χ0v) is 6.60. The van der Waals surface area contributed by atoms with E-state index in [1.165, 1.54) is 0 Å². The third kappa shape index (κ3) is 9.31. The molecule has 4 heteroatoms. The fourth-order valence-corrected chi connectivity index (χ4v) is 0. The molecule has 0 radical (unpaired) electrons. The maximum Gasteiger partial charge on any atom is 0.208 e. The quantitative estimate of drug-likeness (QED) is 0.500. The Kier molecular flexibility index (Phi) is 12.4. The molecule has 0 aromatic carbocycles. The van der Waals surface area contributed by atoms with Crippen molar-refractivity contribution in [2.75, 3.05) is 5.33 Å². The van der Waals surface area contributed by atoms with Gasteiger partial charge in [0.2, 0.25) is 4.69 Å². The molecule has 0 saturated heterocycles. The van der Waals surface area contributed by atoms with Gasteiger partial charge in [-0.1, -0.05) is 15.9 Å². The first-order valence-corrected chi connectivity index (χ1v) is 2.93. The van der Waals surface area contributed by atoms with Crippen molar-refractivity contribution in [3.8, 4) is 0 Å². The van der Waals surface area contributed by atoms with Crippen molar-refractivity contribution in [3.05, 3.63) is 0 Å². The van der Waals surface area contributed by atoms with E-state index < -0.39 is 0 Å². The second kappa shape index (κ2) is 6.89. The van der Waals surface area contributed by atoms with E-state index in [1.807, 2.05) is 0 Å². The van der Waals surface area contributed by atoms with Crippen LogP contribution in [0, 0.1) is 37.7 Å². The molecule has 0 bridgehead atoms. The molecule has 0 aliphatic rings. The van der Waals surface area contributed by atoms with Crippen LogP contribution in [0.3, 0.4) is 0 Å². The molecule has 0 rings (SSSR count). The topological polar surface area (TPSA) is 17.1 Å². The van der Waals surface area contributed by atoms with Crippen molar-refractivity contribution in [1.82, 2.24) is 0 Å². The molecular formula is C2H2ArBr2O. The summed E-state index contributed by atoms with van der Waals surface area (Å²) in [6.45, 7) is 0. The summed E-state index contributed by atoms with van der Waals surface area (Å²) in [4.78, 5) is 9.68. The number of hydrogen-bond acceptors (Lipinski definition) is 1. The summed E-state index contributed by atoms with van der Waals surface area (Å²) in [6, 6.07) is 0. The van der Waals surface area contributed by atoms with Crippen LogP contribution in [0.5, 0.6) is 0 Å². The summed E-state index contributed by atoms with van der Waals surface area (Å²) in [6.07, 6.45) is 0. The Morgan fingerprint density at radius 1 is 1.67 bits per heavy atom. The van der Waals surface area contributed by atoms with E-state index >= 15 is 0 Å². The molecule has 1 nitrogen and oxygen atoms in total. The molecule has 6 heavy (non-hydrogen) atoms. The third-order valence-electron chi connectivity index (χ3n) is 0.105. The van der Waals surface area contributed by atoms with E-state index in [0.717, 1.165) is 0 Å². The van der Waals surface area contributed by atoms with E-state index in [0.29, 0.717) is 5.33 Å². The minimum absolute atomic E-state index is 0. The van der Waals surface area contributed by atoms with Crippen LogP contribution in [0.2, 0.25) is 0 Å². The summed E-state index contributed by atoms with van der Waals surface area (Å²) in [5, 5.41) is 0.396. The molecule has 0 aliphatic heterocycles. The standard InChI is InChI=1S/C2H2Br2O.Ar/c3-1-2(4)5;/h1H2;. The zero-order valence-electron chi connectivity index (χ0n) is 2.72. The second-order valence-corrected chi connectivity index (χ2v) is 1.93. The first kappa shape index (κ1) is 10.8. The van der Waals surface area contributed by atoms with E-state index in [4.69, 9.17) is 0 Å². The van der Waals surface area contributed by atoms with Crippen LogP contribution in [0.1, 0.15) is 0 Å². The molecule has 0 unspecified atom stereocenters. The number of alkyl halides is 1. The average Bonchev–Trinajstić information content (AvgIpc) is 1.38. The van der Waals surface area contributed by atoms with Gasteiger partial charge in [-0.25, -0.2) is 0 Å². The van der Waals surface area contributed by atoms with Gasteiger partial charge in [-0.3, -0.25) is 4.79 Å². The van der Waals surface area contributed by atoms with Gasteiger partial charge in [-0.15, -0.1) is 0 Å². The van der Waals surface area contributed by atoms with Gasteiger partial charge >= 0.3 is 0 Å². The van der Waals surface area contributed by atoms with Crippen molar-refractivity contribution in [3.63, 3.8) is 0 Å². The molecule has 0 heterocycles. The minimum Gasteiger partial charge on any atom is -0.286 e. The predicted octanol–water partition coefficient (Wildman–Crippen LogP) is 1.30. The maximum absolute atomic E-state index is 9.68. The molecule has 0 fully saturated rings. The van der Waals surface area contributed by atoms with E-state index in [1.54, 1.807) is 0 Å². The fourth-order valence-electron chi connectivity index (χ4n) is 0. The third-order valence-corrected chi connectivity index (χ3v) is 1.65. The molecule has 0 spiro atoms. The van der Waals surface area contributed by atoms with Crippen LogP contribution in [-0.2, 0) is 4.79 Å². The molecule has 0 N–H and O–H groups in total. The normalized spacial score (nSPS) is 6.33. The van der Waals surface area contributed by atoms with Crippen LogP contribution in [0.4, 0.5) is 0 Å². The summed E-state index contributed by atoms with van der Waals surface area (Å²) in [5.74, 6) is 0. The van der Waals surface area contributed by atoms with Crippen LogP contribution in [0.25, 0.3) is 0 Å². The Morgan fingerprint density at radius 3 is 1.83 bits per heavy atom. The van der Waals surface area contributed by atoms with Crippen LogP contribution < -0.4 is 0 Å². The van der Waals surface area contributed by atoms with Crippen molar-refractivity contribution in [2.24, 2.45) is 0 Å². The largest absolute Gasteiger partial charge is 0.286 e. The van der Waals surface area contributed by atoms with E-state index in [-0.39, 0.29) is 42.4 Å². The molecule has 0 aromatic heterocycles. The smallest absolute Gasteiger partial charge is 0.208 e. The maximum atomic E-state index is 9.68. The number of carbonyl (C=O) groups is 1. The van der Waals surface area contributed by atoms with Crippen molar-refractivity contribution in [2.45, 2.75) is 0 Å². The number of halogens is 2. The molecule has 0 atom stereocenters. The fraction of sp³-hybridized carbons (Fsp3) is 0.500. The second-order valence-electron chi connectivity index (χ2n) is 0.489. The molecule has 0 aromatic rings. The van der Waals surface area contributed by atoms with Crippen molar-refractivity contribution >= 4 is 36.6 Å². The zero-order chi connectivity index (χ0) is 4.28. The van der Waals surface area contributed by atoms with Crippen LogP contribution in [0.15, 0.2) is 0 Å². The Morgan fingerprint density at radius 2 is 1.83 bits per heavy atom. The Balaban J connectivity index is 0. The van der Waals surface area contributed by atoms with Crippen LogP contribution >= 0.6 is 31.9 Å². The van der Waals surface area contributed by atoms with E-state index in [2.05, 4.69) is 31.9 Å². The monoisotopic (exact) mass is 240 g/mol. The number of rotatable bonds is 1. The van der Waals surface area contributed by atoms with Gasteiger partial charge in [0.15, 0.2) is 0 Å². The molecule has 0 amide bonds. The summed E-state index contributed by atoms with van der Waals surface area (Å²) in [5.41, 5.74) is 0. The van der Waals surface area contributed by atoms with Gasteiger partial charge in [-0.2, -0.15) is 0 Å². The first-order chi connectivity index (χ1) is 2.27. The number of hydrogen-bond donors (Lipinski definition) is 0. The van der Waals surface area contributed by atoms with Gasteiger partial charge in [0.05, 0.1) is 5.33 Å². The molecule has 38 valence electrons. The van der Waals surface area contributed by atoms with Crippen molar-refractivity contribution < 1.29 is 42.5 Å². The molecule has 0 saturated carbocycles. The Bertz CT molecular complexity index is 46.8. The van der Waals surface area contributed by atoms with E-state index in [9.17, 15) is 4.79 Å². The summed E-state index contributed by atoms with van der Waals surface area (Å²) >= 11 is 5.60. The van der Waals surface area contributed by atoms with Gasteiger partial charge in [0.25, 0.3) is 0 Å². The van der Waals surface area contributed by atoms with Gasteiger partial charge < -0.3 is 0 Å². The predicted molar refractivity (Wildman–Crippen MR) is 27.7 cm³/mol. The average molecular weight is 242 g/mol. The van der Waals surface area contributed by atoms with Gasteiger partial charge in [0.1, 0.15) is 0 Å².